The van der Waals surface area contributed by atoms with Crippen LogP contribution in [0.25, 0.3) is 0 Å². The van der Waals surface area contributed by atoms with Crippen molar-refractivity contribution in [2.45, 2.75) is 33.1 Å². The van der Waals surface area contributed by atoms with Gasteiger partial charge in [0, 0.05) is 19.4 Å². The molecule has 18 heavy (non-hydrogen) atoms. The summed E-state index contributed by atoms with van der Waals surface area (Å²) in [6.07, 6.45) is 0.903. The van der Waals surface area contributed by atoms with Gasteiger partial charge in [0.2, 0.25) is 0 Å². The lowest BCUT2D eigenvalue weighted by Gasteiger charge is -2.14. The lowest BCUT2D eigenvalue weighted by atomic mass is 9.95. The van der Waals surface area contributed by atoms with Gasteiger partial charge in [0.25, 0.3) is 0 Å². The number of hydrogen-bond donors (Lipinski definition) is 1. The van der Waals surface area contributed by atoms with Gasteiger partial charge >= 0.3 is 5.97 Å². The molecular formula is C15H21O3. The van der Waals surface area contributed by atoms with Crippen LogP contribution < -0.4 is 4.74 Å². The molecule has 1 radical (unpaired) electrons. The molecular weight excluding hydrogens is 228 g/mol. The maximum absolute atomic E-state index is 11.0. The van der Waals surface area contributed by atoms with E-state index in [2.05, 4.69) is 20.8 Å². The summed E-state index contributed by atoms with van der Waals surface area (Å²) in [5.41, 5.74) is 1.99. The molecule has 99 valence electrons. The van der Waals surface area contributed by atoms with Crippen LogP contribution in [0.2, 0.25) is 0 Å². The topological polar surface area (TPSA) is 46.5 Å². The summed E-state index contributed by atoms with van der Waals surface area (Å²) in [6.45, 7) is 9.49. The maximum Gasteiger partial charge on any atom is 0.308 e. The molecule has 0 heterocycles. The number of benzene rings is 1. The molecule has 3 heteroatoms. The fourth-order valence-corrected chi connectivity index (χ4v) is 1.84. The van der Waals surface area contributed by atoms with Gasteiger partial charge in [-0.1, -0.05) is 19.9 Å². The smallest absolute Gasteiger partial charge is 0.308 e. The minimum atomic E-state index is -0.341. The predicted molar refractivity (Wildman–Crippen MR) is 71.5 cm³/mol. The van der Waals surface area contributed by atoms with Gasteiger partial charge in [-0.3, -0.25) is 4.79 Å². The van der Waals surface area contributed by atoms with Crippen molar-refractivity contribution < 1.29 is 14.6 Å². The third-order valence-corrected chi connectivity index (χ3v) is 2.59. The highest BCUT2D eigenvalue weighted by atomic mass is 16.5. The Bertz CT molecular complexity index is 410. The number of carbonyl (C=O) groups excluding carboxylic acids is 1. The minimum absolute atomic E-state index is 0.0232. The molecule has 1 rings (SSSR count). The second-order valence-corrected chi connectivity index (χ2v) is 4.98. The molecule has 0 saturated carbocycles. The fourth-order valence-electron chi connectivity index (χ4n) is 1.84. The van der Waals surface area contributed by atoms with E-state index >= 15 is 0 Å². The Kier molecular flexibility index (Phi) is 5.35. The molecule has 0 aliphatic rings. The first kappa shape index (κ1) is 14.7. The zero-order valence-electron chi connectivity index (χ0n) is 11.3. The number of rotatable bonds is 5. The van der Waals surface area contributed by atoms with Gasteiger partial charge in [-0.05, 0) is 42.5 Å². The number of carbonyl (C=O) groups is 1. The van der Waals surface area contributed by atoms with Crippen LogP contribution in [0.3, 0.4) is 0 Å². The first-order valence-corrected chi connectivity index (χ1v) is 6.18. The Morgan fingerprint density at radius 3 is 2.56 bits per heavy atom. The Balaban J connectivity index is 3.06. The second-order valence-electron chi connectivity index (χ2n) is 4.98. The largest absolute Gasteiger partial charge is 0.427 e. The number of aliphatic hydroxyl groups excluding tert-OH is 1. The van der Waals surface area contributed by atoms with Crippen molar-refractivity contribution in [3.05, 3.63) is 36.2 Å². The third-order valence-electron chi connectivity index (χ3n) is 2.59. The Morgan fingerprint density at radius 1 is 1.39 bits per heavy atom. The molecule has 1 aromatic rings. The van der Waals surface area contributed by atoms with E-state index in [0.29, 0.717) is 11.7 Å². The maximum atomic E-state index is 11.0. The summed E-state index contributed by atoms with van der Waals surface area (Å²) in [7, 11) is 0. The Morgan fingerprint density at radius 2 is 2.06 bits per heavy atom. The highest BCUT2D eigenvalue weighted by Crippen LogP contribution is 2.24. The van der Waals surface area contributed by atoms with Crippen LogP contribution in [0.4, 0.5) is 0 Å². The monoisotopic (exact) mass is 249 g/mol. The Hall–Kier alpha value is -1.35. The Labute approximate surface area is 109 Å². The zero-order chi connectivity index (χ0) is 13.7. The molecule has 0 fully saturated rings. The molecule has 1 N–H and O–H groups in total. The molecule has 0 saturated heterocycles. The first-order valence-electron chi connectivity index (χ1n) is 6.18. The standard InChI is InChI=1S/C15H21O3/c1-10(2)5-13-6-14(11(3)9-16)8-15(7-13)18-12(4)17/h6-8,10-11,16H,3,5,9H2,1-2,4H3. The predicted octanol–water partition coefficient (Wildman–Crippen LogP) is 2.72. The van der Waals surface area contributed by atoms with Crippen LogP contribution in [0, 0.1) is 12.8 Å². The van der Waals surface area contributed by atoms with Crippen LogP contribution >= 0.6 is 0 Å². The van der Waals surface area contributed by atoms with Crippen LogP contribution in [0.15, 0.2) is 18.2 Å². The molecule has 0 bridgehead atoms. The van der Waals surface area contributed by atoms with Crippen molar-refractivity contribution in [3.8, 4) is 5.75 Å². The summed E-state index contributed by atoms with van der Waals surface area (Å²) >= 11 is 0. The van der Waals surface area contributed by atoms with Gasteiger partial charge in [-0.25, -0.2) is 0 Å². The third kappa shape index (κ3) is 4.49. The van der Waals surface area contributed by atoms with E-state index in [4.69, 9.17) is 9.84 Å². The van der Waals surface area contributed by atoms with Crippen molar-refractivity contribution in [1.82, 2.24) is 0 Å². The average Bonchev–Trinajstić information content (AvgIpc) is 2.25. The summed E-state index contributed by atoms with van der Waals surface area (Å²) in [5.74, 6) is 0.499. The van der Waals surface area contributed by atoms with E-state index in [1.807, 2.05) is 12.1 Å². The highest BCUT2D eigenvalue weighted by Gasteiger charge is 2.10. The molecule has 1 unspecified atom stereocenters. The summed E-state index contributed by atoms with van der Waals surface area (Å²) in [4.78, 5) is 11.0. The van der Waals surface area contributed by atoms with Gasteiger partial charge in [-0.15, -0.1) is 0 Å². The van der Waals surface area contributed by atoms with E-state index < -0.39 is 0 Å². The number of hydrogen-bond acceptors (Lipinski definition) is 3. The van der Waals surface area contributed by atoms with Crippen molar-refractivity contribution in [2.75, 3.05) is 6.61 Å². The average molecular weight is 249 g/mol. The van der Waals surface area contributed by atoms with E-state index in [1.165, 1.54) is 6.92 Å². The van der Waals surface area contributed by atoms with E-state index in [9.17, 15) is 4.79 Å². The summed E-state index contributed by atoms with van der Waals surface area (Å²) in [5, 5.41) is 9.16. The molecule has 1 atom stereocenters. The number of aliphatic hydroxyl groups is 1. The number of esters is 1. The summed E-state index contributed by atoms with van der Waals surface area (Å²) in [6, 6.07) is 5.65. The molecule has 0 aromatic heterocycles. The van der Waals surface area contributed by atoms with Crippen LogP contribution in [0.1, 0.15) is 37.8 Å². The molecule has 0 amide bonds. The molecule has 0 aliphatic heterocycles. The minimum Gasteiger partial charge on any atom is -0.427 e. The SMILES string of the molecule is [CH2]C(CO)c1cc(CC(C)C)cc(OC(C)=O)c1. The van der Waals surface area contributed by atoms with Crippen molar-refractivity contribution in [3.63, 3.8) is 0 Å². The van der Waals surface area contributed by atoms with E-state index in [-0.39, 0.29) is 18.5 Å². The molecule has 3 nitrogen and oxygen atoms in total. The van der Waals surface area contributed by atoms with Gasteiger partial charge in [0.05, 0.1) is 0 Å². The fraction of sp³-hybridized carbons (Fsp3) is 0.467. The highest BCUT2D eigenvalue weighted by molar-refractivity contribution is 5.69. The number of ether oxygens (including phenoxy) is 1. The van der Waals surface area contributed by atoms with E-state index in [1.54, 1.807) is 6.07 Å². The van der Waals surface area contributed by atoms with Crippen LogP contribution in [0.5, 0.6) is 5.75 Å². The quantitative estimate of drug-likeness (QED) is 0.644. The first-order chi connectivity index (χ1) is 8.42. The zero-order valence-corrected chi connectivity index (χ0v) is 11.3. The second kappa shape index (κ2) is 6.55. The van der Waals surface area contributed by atoms with Gasteiger partial charge in [-0.2, -0.15) is 0 Å². The van der Waals surface area contributed by atoms with E-state index in [0.717, 1.165) is 17.5 Å². The lowest BCUT2D eigenvalue weighted by Crippen LogP contribution is -2.06. The van der Waals surface area contributed by atoms with Crippen molar-refractivity contribution in [1.29, 1.82) is 0 Å². The van der Waals surface area contributed by atoms with Crippen LogP contribution in [-0.4, -0.2) is 17.7 Å². The lowest BCUT2D eigenvalue weighted by molar-refractivity contribution is -0.131. The van der Waals surface area contributed by atoms with Crippen LogP contribution in [-0.2, 0) is 11.2 Å². The molecule has 1 aromatic carbocycles. The van der Waals surface area contributed by atoms with Gasteiger partial charge in [0.15, 0.2) is 0 Å². The van der Waals surface area contributed by atoms with Gasteiger partial charge in [0.1, 0.15) is 5.75 Å². The van der Waals surface area contributed by atoms with Gasteiger partial charge < -0.3 is 9.84 Å². The van der Waals surface area contributed by atoms with Crippen molar-refractivity contribution >= 4 is 5.97 Å². The molecule has 0 spiro atoms. The normalized spacial score (nSPS) is 12.6. The molecule has 0 aliphatic carbocycles. The summed E-state index contributed by atoms with van der Waals surface area (Å²) < 4.78 is 5.12. The van der Waals surface area contributed by atoms with Crippen molar-refractivity contribution in [2.24, 2.45) is 5.92 Å².